The van der Waals surface area contributed by atoms with Gasteiger partial charge in [0.05, 0.1) is 11.8 Å². The van der Waals surface area contributed by atoms with Gasteiger partial charge in [-0.2, -0.15) is 0 Å². The van der Waals surface area contributed by atoms with Crippen LogP contribution in [0.25, 0.3) is 0 Å². The minimum absolute atomic E-state index is 0. The molecule has 11 heteroatoms. The molecule has 2 aliphatic heterocycles. The Bertz CT molecular complexity index is 1020. The zero-order chi connectivity index (χ0) is 22.1. The number of hydrazone groups is 1. The van der Waals surface area contributed by atoms with Crippen molar-refractivity contribution in [3.63, 3.8) is 0 Å². The summed E-state index contributed by atoms with van der Waals surface area (Å²) >= 11 is 0. The second-order valence-electron chi connectivity index (χ2n) is 7.54. The number of benzene rings is 1. The summed E-state index contributed by atoms with van der Waals surface area (Å²) in [6.45, 7) is 7.87. The molecule has 4 rings (SSSR count). The largest absolute Gasteiger partial charge is 1.00 e. The van der Waals surface area contributed by atoms with E-state index in [4.69, 9.17) is 15.0 Å². The third-order valence-electron chi connectivity index (χ3n) is 5.20. The number of nitrogens with two attached hydrogens (primary N) is 1. The average Bonchev–Trinajstić information content (AvgIpc) is 3.40. The maximum atomic E-state index is 13.1. The number of ether oxygens (including phenoxy) is 1. The first-order valence-electron chi connectivity index (χ1n) is 9.80. The maximum Gasteiger partial charge on any atom is 1.00 e. The molecule has 1 unspecified atom stereocenters. The number of nitrogens with zero attached hydrogens (tertiary/aromatic N) is 5. The Balaban J connectivity index is 0.00000289. The van der Waals surface area contributed by atoms with Crippen LogP contribution < -0.4 is 57.1 Å². The minimum atomic E-state index is -1.04. The van der Waals surface area contributed by atoms with E-state index < -0.39 is 6.23 Å². The van der Waals surface area contributed by atoms with Crippen LogP contribution in [0, 0.1) is 11.7 Å². The summed E-state index contributed by atoms with van der Waals surface area (Å²) < 4.78 is 24.3. The number of aliphatic hydroxyl groups is 1. The fraction of sp³-hybridized carbons (Fsp3) is 0.333. The zero-order valence-electron chi connectivity index (χ0n) is 18.3. The Hall–Kier alpha value is -1.73. The van der Waals surface area contributed by atoms with Crippen LogP contribution in [0.5, 0.6) is 0 Å². The van der Waals surface area contributed by atoms with Crippen molar-refractivity contribution in [1.82, 2.24) is 20.0 Å². The van der Waals surface area contributed by atoms with Crippen LogP contribution >= 0.6 is 0 Å². The summed E-state index contributed by atoms with van der Waals surface area (Å²) in [5.74, 6) is 1.42. The molecule has 32 heavy (non-hydrogen) atoms. The first-order chi connectivity index (χ1) is 14.9. The fourth-order valence-corrected chi connectivity index (χ4v) is 3.61. The molecule has 3 heterocycles. The molecule has 0 amide bonds. The van der Waals surface area contributed by atoms with E-state index in [2.05, 4.69) is 21.8 Å². The molecule has 2 aromatic rings. The molecule has 1 aromatic carbocycles. The minimum Gasteiger partial charge on any atom is -0.405 e. The van der Waals surface area contributed by atoms with E-state index in [9.17, 15) is 9.50 Å². The van der Waals surface area contributed by atoms with E-state index in [1.807, 2.05) is 13.8 Å². The molecule has 1 saturated heterocycles. The van der Waals surface area contributed by atoms with E-state index in [1.165, 1.54) is 28.2 Å². The molecule has 1 fully saturated rings. The standard InChI is InChI=1S/C21H24FN6O3.K/c1-4-28-18(12(2)3)20(29)27(21(23)25-28)10-17-24-19(26-31-17)14-9-16(30-11-14)13-5-7-15(22)8-6-13;/h4-8,16,20,29H,1,9-11H2,2-3H3,(H2,23,25);/q-1;+1/t16-,20?;/m1./s1. The topological polar surface area (TPSA) is 113 Å². The predicted molar refractivity (Wildman–Crippen MR) is 110 cm³/mol. The second kappa shape index (κ2) is 10.5. The molecule has 0 radical (unpaired) electrons. The van der Waals surface area contributed by atoms with Crippen molar-refractivity contribution in [2.45, 2.75) is 39.1 Å². The van der Waals surface area contributed by atoms with E-state index in [1.54, 1.807) is 12.1 Å². The van der Waals surface area contributed by atoms with Crippen LogP contribution in [0.3, 0.4) is 0 Å². The van der Waals surface area contributed by atoms with Gasteiger partial charge in [-0.15, -0.1) is 11.5 Å². The molecule has 2 atom stereocenters. The molecule has 1 aromatic heterocycles. The van der Waals surface area contributed by atoms with Crippen LogP contribution in [-0.4, -0.2) is 44.0 Å². The van der Waals surface area contributed by atoms with Gasteiger partial charge in [0.15, 0.2) is 6.23 Å². The number of allylic oxidation sites excluding steroid dienone is 1. The third kappa shape index (κ3) is 5.09. The third-order valence-corrected chi connectivity index (χ3v) is 5.20. The molecular weight excluding hydrogens is 442 g/mol. The van der Waals surface area contributed by atoms with Crippen molar-refractivity contribution in [3.8, 4) is 0 Å². The molecule has 0 spiro atoms. The Kier molecular flexibility index (Phi) is 8.14. The van der Waals surface area contributed by atoms with Crippen molar-refractivity contribution < 1.29 is 70.1 Å². The molecule has 9 nitrogen and oxygen atoms in total. The molecule has 164 valence electrons. The van der Waals surface area contributed by atoms with Gasteiger partial charge in [-0.05, 0) is 31.5 Å². The monoisotopic (exact) mass is 466 g/mol. The Morgan fingerprint density at radius 2 is 2.09 bits per heavy atom. The van der Waals surface area contributed by atoms with E-state index in [0.717, 1.165) is 17.1 Å². The van der Waals surface area contributed by atoms with Gasteiger partial charge in [0.2, 0.25) is 11.9 Å². The number of hydrogen-bond acceptors (Lipinski definition) is 9. The number of rotatable bonds is 5. The van der Waals surface area contributed by atoms with Crippen molar-refractivity contribution in [3.05, 3.63) is 77.3 Å². The number of guanidine groups is 1. The van der Waals surface area contributed by atoms with E-state index >= 15 is 0 Å². The number of halogens is 1. The van der Waals surface area contributed by atoms with Crippen LogP contribution in [-0.2, 0) is 11.3 Å². The molecular formula is C21H24FKN6O3. The van der Waals surface area contributed by atoms with Crippen LogP contribution in [0.1, 0.15) is 43.7 Å². The Morgan fingerprint density at radius 3 is 2.75 bits per heavy atom. The molecule has 3 N–H and O–H groups in total. The smallest absolute Gasteiger partial charge is 0.405 e. The number of aromatic nitrogens is 2. The Morgan fingerprint density at radius 1 is 1.38 bits per heavy atom. The van der Waals surface area contributed by atoms with Gasteiger partial charge in [-0.1, -0.05) is 36.0 Å². The van der Waals surface area contributed by atoms with E-state index in [-0.39, 0.29) is 81.7 Å². The summed E-state index contributed by atoms with van der Waals surface area (Å²) in [6, 6.07) is 6.23. The average molecular weight is 467 g/mol. The van der Waals surface area contributed by atoms with E-state index in [0.29, 0.717) is 24.5 Å². The summed E-state index contributed by atoms with van der Waals surface area (Å²) in [7, 11) is 0. The summed E-state index contributed by atoms with van der Waals surface area (Å²) in [5, 5.41) is 20.5. The van der Waals surface area contributed by atoms with Crippen LogP contribution in [0.15, 0.2) is 57.9 Å². The van der Waals surface area contributed by atoms with Crippen LogP contribution in [0.2, 0.25) is 0 Å². The van der Waals surface area contributed by atoms with Crippen molar-refractivity contribution in [2.24, 2.45) is 10.8 Å². The van der Waals surface area contributed by atoms with Crippen molar-refractivity contribution in [2.75, 3.05) is 6.61 Å². The van der Waals surface area contributed by atoms with Gasteiger partial charge >= 0.3 is 51.4 Å². The van der Waals surface area contributed by atoms with Crippen molar-refractivity contribution >= 4 is 5.96 Å². The summed E-state index contributed by atoms with van der Waals surface area (Å²) in [4.78, 5) is 5.91. The normalized spacial score (nSPS) is 20.8. The first kappa shape index (κ1) is 24.9. The summed E-state index contributed by atoms with van der Waals surface area (Å²) in [6.07, 6.45) is 0.835. The van der Waals surface area contributed by atoms with Gasteiger partial charge in [-0.25, -0.2) is 14.4 Å². The molecule has 0 aliphatic carbocycles. The SMILES string of the molecule is C=CN1N=C(N)N(Cc2nc([C-]3CO[C@@H](c4ccc(F)cc4)C3)no2)C(O)C1=C(C)C.[K+]. The van der Waals surface area contributed by atoms with Gasteiger partial charge in [0.25, 0.3) is 0 Å². The summed E-state index contributed by atoms with van der Waals surface area (Å²) in [5.41, 5.74) is 8.35. The van der Waals surface area contributed by atoms with Crippen molar-refractivity contribution in [1.29, 1.82) is 0 Å². The molecule has 0 saturated carbocycles. The van der Waals surface area contributed by atoms with Gasteiger partial charge in [0, 0.05) is 12.0 Å². The molecule has 2 aliphatic rings. The van der Waals surface area contributed by atoms with Gasteiger partial charge < -0.3 is 25.0 Å². The first-order valence-corrected chi connectivity index (χ1v) is 9.80. The Labute approximate surface area is 228 Å². The fourth-order valence-electron chi connectivity index (χ4n) is 3.61. The maximum absolute atomic E-state index is 13.1. The zero-order valence-corrected chi connectivity index (χ0v) is 21.4. The number of hydrogen-bond donors (Lipinski definition) is 2. The number of aliphatic hydroxyl groups excluding tert-OH is 1. The quantitative estimate of drug-likeness (QED) is 0.444. The van der Waals surface area contributed by atoms with Gasteiger partial charge in [0.1, 0.15) is 12.4 Å². The van der Waals surface area contributed by atoms with Gasteiger partial charge in [-0.3, -0.25) is 5.92 Å². The van der Waals surface area contributed by atoms with Crippen LogP contribution in [0.4, 0.5) is 4.39 Å². The predicted octanol–water partition coefficient (Wildman–Crippen LogP) is -0.600. The second-order valence-corrected chi connectivity index (χ2v) is 7.54. The molecule has 0 bridgehead atoms.